The average molecular weight is 701 g/mol. The molecule has 5 aromatic carbocycles. The molecule has 1 N–H and O–H groups in total. The monoisotopic (exact) mass is 700 g/mol. The van der Waals surface area contributed by atoms with Crippen molar-refractivity contribution in [3.05, 3.63) is 173 Å². The summed E-state index contributed by atoms with van der Waals surface area (Å²) in [6.07, 6.45) is -4.38. The lowest BCUT2D eigenvalue weighted by Crippen LogP contribution is -2.42. The Labute approximate surface area is 299 Å². The van der Waals surface area contributed by atoms with Gasteiger partial charge in [-0.3, -0.25) is 0 Å². The zero-order valence-electron chi connectivity index (χ0n) is 28.5. The van der Waals surface area contributed by atoms with Gasteiger partial charge >= 0.3 is 12.1 Å². The van der Waals surface area contributed by atoms with Gasteiger partial charge in [0.05, 0.1) is 18.7 Å². The molecule has 0 fully saturated rings. The van der Waals surface area contributed by atoms with Crippen molar-refractivity contribution >= 4 is 5.97 Å². The number of hydrogen-bond acceptors (Lipinski definition) is 7. The Morgan fingerprint density at radius 3 is 1.79 bits per heavy atom. The van der Waals surface area contributed by atoms with Crippen LogP contribution < -0.4 is 5.43 Å². The van der Waals surface area contributed by atoms with Gasteiger partial charge in [0.1, 0.15) is 6.54 Å². The highest BCUT2D eigenvalue weighted by Crippen LogP contribution is 2.40. The second-order valence-electron chi connectivity index (χ2n) is 12.5. The Kier molecular flexibility index (Phi) is 9.44. The maximum atomic E-state index is 13.5. The molecule has 0 radical (unpaired) electrons. The van der Waals surface area contributed by atoms with Gasteiger partial charge in [0.25, 0.3) is 0 Å². The molecule has 0 aliphatic carbocycles. The Hall–Kier alpha value is -6.07. The lowest BCUT2D eigenvalue weighted by molar-refractivity contribution is -0.146. The molecular weight excluding hydrogens is 665 g/mol. The van der Waals surface area contributed by atoms with Crippen LogP contribution in [0.1, 0.15) is 29.2 Å². The van der Waals surface area contributed by atoms with E-state index in [2.05, 4.69) is 52.1 Å². The molecule has 7 rings (SSSR count). The third kappa shape index (κ3) is 6.58. The van der Waals surface area contributed by atoms with Gasteiger partial charge in [0, 0.05) is 17.7 Å². The van der Waals surface area contributed by atoms with E-state index in [1.165, 1.54) is 7.11 Å². The van der Waals surface area contributed by atoms with Gasteiger partial charge in [-0.25, -0.2) is 10.2 Å². The molecule has 0 bridgehead atoms. The summed E-state index contributed by atoms with van der Waals surface area (Å²) in [4.78, 5) is 14.3. The normalized spacial score (nSPS) is 14.9. The van der Waals surface area contributed by atoms with E-state index in [0.717, 1.165) is 44.0 Å². The van der Waals surface area contributed by atoms with Crippen LogP contribution in [0.25, 0.3) is 22.5 Å². The van der Waals surface area contributed by atoms with Crippen molar-refractivity contribution in [1.29, 1.82) is 0 Å². The van der Waals surface area contributed by atoms with Crippen LogP contribution in [0.2, 0.25) is 0 Å². The van der Waals surface area contributed by atoms with Gasteiger partial charge in [-0.1, -0.05) is 140 Å². The number of hydrazine groups is 1. The van der Waals surface area contributed by atoms with Crippen LogP contribution in [0.5, 0.6) is 0 Å². The predicted octanol–water partition coefficient (Wildman–Crippen LogP) is 7.59. The number of methoxy groups -OCH3 is 1. The number of rotatable bonds is 10. The first-order chi connectivity index (χ1) is 25.2. The highest BCUT2D eigenvalue weighted by Gasteiger charge is 2.42. The number of tetrazole rings is 1. The summed E-state index contributed by atoms with van der Waals surface area (Å²) >= 11 is 0. The van der Waals surface area contributed by atoms with Crippen molar-refractivity contribution in [2.75, 3.05) is 13.7 Å². The molecule has 52 heavy (non-hydrogen) atoms. The summed E-state index contributed by atoms with van der Waals surface area (Å²) in [6, 6.07) is 44.9. The molecule has 1 aliphatic heterocycles. The Balaban J connectivity index is 1.27. The van der Waals surface area contributed by atoms with Crippen LogP contribution >= 0.6 is 0 Å². The van der Waals surface area contributed by atoms with Gasteiger partial charge < -0.3 is 9.75 Å². The minimum absolute atomic E-state index is 0.0935. The Morgan fingerprint density at radius 1 is 0.750 bits per heavy atom. The van der Waals surface area contributed by atoms with Crippen molar-refractivity contribution in [3.8, 4) is 22.5 Å². The standard InChI is InChI=1S/C41H35F3N6O2/c1-28-37(39(51)52-2)36(49(46-28)27-40(42,43)44)26-29-22-24-30(25-23-29)34-20-12-13-21-35(34)38-45-48-50(47-38)41(31-14-6-3-7-15-31,32-16-8-4-9-17-32)33-18-10-5-11-19-33/h3-25,28,46H,26-27H2,1-2H3. The molecule has 0 amide bonds. The van der Waals surface area contributed by atoms with E-state index in [4.69, 9.17) is 9.84 Å². The summed E-state index contributed by atoms with van der Waals surface area (Å²) in [6.45, 7) is 0.392. The molecule has 0 saturated heterocycles. The fourth-order valence-corrected chi connectivity index (χ4v) is 6.96. The van der Waals surface area contributed by atoms with Crippen LogP contribution in [0.3, 0.4) is 0 Å². The molecule has 2 heterocycles. The number of halogens is 3. The third-order valence-electron chi connectivity index (χ3n) is 9.25. The lowest BCUT2D eigenvalue weighted by Gasteiger charge is -2.34. The van der Waals surface area contributed by atoms with Crippen molar-refractivity contribution in [3.63, 3.8) is 0 Å². The number of nitrogens with zero attached hydrogens (tertiary/aromatic N) is 5. The fraction of sp³-hybridized carbons (Fsp3) is 0.171. The van der Waals surface area contributed by atoms with Gasteiger partial charge in [-0.15, -0.1) is 15.0 Å². The lowest BCUT2D eigenvalue weighted by atomic mass is 9.77. The number of nitrogens with one attached hydrogen (secondary N) is 1. The van der Waals surface area contributed by atoms with Crippen molar-refractivity contribution in [2.45, 2.75) is 31.1 Å². The van der Waals surface area contributed by atoms with Gasteiger partial charge in [-0.05, 0) is 45.5 Å². The summed E-state index contributed by atoms with van der Waals surface area (Å²) < 4.78 is 45.3. The van der Waals surface area contributed by atoms with Gasteiger partial charge in [0.2, 0.25) is 5.82 Å². The topological polar surface area (TPSA) is 85.2 Å². The van der Waals surface area contributed by atoms with Crippen molar-refractivity contribution in [2.24, 2.45) is 0 Å². The molecule has 11 heteroatoms. The molecule has 262 valence electrons. The largest absolute Gasteiger partial charge is 0.466 e. The van der Waals surface area contributed by atoms with E-state index >= 15 is 0 Å². The quantitative estimate of drug-likeness (QED) is 0.117. The molecular formula is C41H35F3N6O2. The molecule has 8 nitrogen and oxygen atoms in total. The summed E-state index contributed by atoms with van der Waals surface area (Å²) in [7, 11) is 1.22. The number of benzene rings is 5. The summed E-state index contributed by atoms with van der Waals surface area (Å²) in [5.41, 5.74) is 8.31. The van der Waals surface area contributed by atoms with Gasteiger partial charge in [0.15, 0.2) is 5.54 Å². The SMILES string of the molecule is COC(=O)C1=C(Cc2ccc(-c3ccccc3-c3nnn(C(c4ccccc4)(c4ccccc4)c4ccccc4)n3)cc2)N(CC(F)(F)F)NC1C. The van der Waals surface area contributed by atoms with Crippen molar-refractivity contribution in [1.82, 2.24) is 30.6 Å². The van der Waals surface area contributed by atoms with E-state index in [1.54, 1.807) is 11.7 Å². The smallest absolute Gasteiger partial charge is 0.407 e. The molecule has 0 saturated carbocycles. The van der Waals surface area contributed by atoms with Crippen LogP contribution in [-0.2, 0) is 21.5 Å². The molecule has 0 spiro atoms. The maximum Gasteiger partial charge on any atom is 0.407 e. The highest BCUT2D eigenvalue weighted by molar-refractivity contribution is 5.91. The number of carbonyl (C=O) groups is 1. The second-order valence-corrected chi connectivity index (χ2v) is 12.5. The van der Waals surface area contributed by atoms with Crippen LogP contribution in [0.15, 0.2) is 151 Å². The summed E-state index contributed by atoms with van der Waals surface area (Å²) in [5, 5.41) is 15.4. The zero-order chi connectivity index (χ0) is 36.3. The Bertz CT molecular complexity index is 2090. The van der Waals surface area contributed by atoms with E-state index in [-0.39, 0.29) is 17.7 Å². The van der Waals surface area contributed by atoms with Gasteiger partial charge in [-0.2, -0.15) is 13.2 Å². The summed E-state index contributed by atoms with van der Waals surface area (Å²) in [5.74, 6) is -0.241. The predicted molar refractivity (Wildman–Crippen MR) is 191 cm³/mol. The second kappa shape index (κ2) is 14.3. The minimum atomic E-state index is -4.48. The number of carbonyl (C=O) groups excluding carboxylic acids is 1. The Morgan fingerprint density at radius 2 is 1.27 bits per heavy atom. The highest BCUT2D eigenvalue weighted by atomic mass is 19.4. The first-order valence-corrected chi connectivity index (χ1v) is 16.8. The van der Waals surface area contributed by atoms with E-state index in [9.17, 15) is 18.0 Å². The van der Waals surface area contributed by atoms with E-state index in [0.29, 0.717) is 5.82 Å². The molecule has 1 aromatic heterocycles. The number of esters is 1. The van der Waals surface area contributed by atoms with Crippen LogP contribution in [0, 0.1) is 0 Å². The number of hydrogen-bond donors (Lipinski definition) is 1. The molecule has 6 aromatic rings. The number of alkyl halides is 3. The van der Waals surface area contributed by atoms with E-state index < -0.39 is 30.3 Å². The molecule has 1 atom stereocenters. The number of allylic oxidation sites excluding steroid dienone is 1. The van der Waals surface area contributed by atoms with E-state index in [1.807, 2.05) is 103 Å². The average Bonchev–Trinajstić information content (AvgIpc) is 3.77. The zero-order valence-corrected chi connectivity index (χ0v) is 28.5. The number of aromatic nitrogens is 4. The minimum Gasteiger partial charge on any atom is -0.466 e. The first kappa shape index (κ1) is 34.4. The van der Waals surface area contributed by atoms with Crippen LogP contribution in [0.4, 0.5) is 13.2 Å². The molecule has 1 aliphatic rings. The maximum absolute atomic E-state index is 13.5. The molecule has 1 unspecified atom stereocenters. The first-order valence-electron chi connectivity index (χ1n) is 16.8. The number of ether oxygens (including phenoxy) is 1. The third-order valence-corrected chi connectivity index (χ3v) is 9.25. The van der Waals surface area contributed by atoms with Crippen molar-refractivity contribution < 1.29 is 22.7 Å². The fourth-order valence-electron chi connectivity index (χ4n) is 6.96. The van der Waals surface area contributed by atoms with Crippen LogP contribution in [-0.4, -0.2) is 57.1 Å².